The van der Waals surface area contributed by atoms with Gasteiger partial charge in [-0.3, -0.25) is 0 Å². The Morgan fingerprint density at radius 3 is 2.32 bits per heavy atom. The van der Waals surface area contributed by atoms with Crippen LogP contribution in [0, 0.1) is 11.3 Å². The lowest BCUT2D eigenvalue weighted by molar-refractivity contribution is -0.0970. The normalized spacial score (nSPS) is 30.9. The van der Waals surface area contributed by atoms with Gasteiger partial charge in [0.1, 0.15) is 0 Å². The van der Waals surface area contributed by atoms with Crippen molar-refractivity contribution in [2.75, 3.05) is 6.54 Å². The Hall–Kier alpha value is -0.570. The van der Waals surface area contributed by atoms with E-state index < -0.39 is 5.60 Å². The zero-order valence-electron chi connectivity index (χ0n) is 11.8. The summed E-state index contributed by atoms with van der Waals surface area (Å²) in [4.78, 5) is 0. The van der Waals surface area contributed by atoms with Gasteiger partial charge in [-0.2, -0.15) is 0 Å². The van der Waals surface area contributed by atoms with Crippen LogP contribution in [0.3, 0.4) is 0 Å². The molecule has 0 amide bonds. The largest absolute Gasteiger partial charge is 0.385 e. The Bertz CT molecular complexity index is 419. The van der Waals surface area contributed by atoms with Crippen molar-refractivity contribution in [2.24, 2.45) is 17.1 Å². The molecule has 19 heavy (non-hydrogen) atoms. The number of hydrogen-bond acceptors (Lipinski definition) is 2. The average Bonchev–Trinajstić information content (AvgIpc) is 2.40. The molecule has 0 heterocycles. The first-order valence-electron chi connectivity index (χ1n) is 7.10. The predicted molar refractivity (Wildman–Crippen MR) is 80.1 cm³/mol. The zero-order valence-corrected chi connectivity index (χ0v) is 12.6. The van der Waals surface area contributed by atoms with Crippen molar-refractivity contribution >= 4 is 11.6 Å². The van der Waals surface area contributed by atoms with Gasteiger partial charge in [-0.05, 0) is 43.4 Å². The minimum Gasteiger partial charge on any atom is -0.385 e. The molecule has 1 aliphatic carbocycles. The quantitative estimate of drug-likeness (QED) is 0.887. The van der Waals surface area contributed by atoms with Crippen LogP contribution in [-0.2, 0) is 5.60 Å². The van der Waals surface area contributed by atoms with Crippen LogP contribution in [0.4, 0.5) is 0 Å². The standard InChI is InChI=1S/C16H24ClNO/c1-12-7-9-16(11-18,10-8-12)15(2,19)13-3-5-14(17)6-4-13/h3-6,12,19H,7-11,18H2,1-2H3. The van der Waals surface area contributed by atoms with Gasteiger partial charge < -0.3 is 10.8 Å². The molecule has 2 rings (SSSR count). The highest BCUT2D eigenvalue weighted by Crippen LogP contribution is 2.50. The van der Waals surface area contributed by atoms with E-state index in [2.05, 4.69) is 6.92 Å². The van der Waals surface area contributed by atoms with E-state index in [1.807, 2.05) is 31.2 Å². The highest BCUT2D eigenvalue weighted by Gasteiger charge is 2.48. The first-order valence-corrected chi connectivity index (χ1v) is 7.47. The van der Waals surface area contributed by atoms with E-state index in [-0.39, 0.29) is 5.41 Å². The van der Waals surface area contributed by atoms with Gasteiger partial charge in [0.05, 0.1) is 5.60 Å². The molecule has 3 heteroatoms. The van der Waals surface area contributed by atoms with Crippen LogP contribution in [0.5, 0.6) is 0 Å². The molecular weight excluding hydrogens is 258 g/mol. The van der Waals surface area contributed by atoms with Crippen molar-refractivity contribution < 1.29 is 5.11 Å². The molecule has 1 atom stereocenters. The lowest BCUT2D eigenvalue weighted by Crippen LogP contribution is -2.50. The molecule has 0 bridgehead atoms. The SMILES string of the molecule is CC1CCC(CN)(C(C)(O)c2ccc(Cl)cc2)CC1. The summed E-state index contributed by atoms with van der Waals surface area (Å²) >= 11 is 5.93. The fraction of sp³-hybridized carbons (Fsp3) is 0.625. The van der Waals surface area contributed by atoms with Gasteiger partial charge in [0.2, 0.25) is 0 Å². The number of rotatable bonds is 3. The third kappa shape index (κ3) is 2.67. The number of benzene rings is 1. The molecule has 1 saturated carbocycles. The van der Waals surface area contributed by atoms with Crippen LogP contribution in [0.25, 0.3) is 0 Å². The minimum absolute atomic E-state index is 0.215. The summed E-state index contributed by atoms with van der Waals surface area (Å²) in [6.07, 6.45) is 4.25. The van der Waals surface area contributed by atoms with E-state index in [0.717, 1.165) is 37.2 Å². The van der Waals surface area contributed by atoms with Crippen LogP contribution >= 0.6 is 11.6 Å². The molecule has 1 fully saturated rings. The second-order valence-electron chi connectivity index (χ2n) is 6.25. The summed E-state index contributed by atoms with van der Waals surface area (Å²) in [7, 11) is 0. The lowest BCUT2D eigenvalue weighted by atomic mass is 9.60. The fourth-order valence-corrected chi connectivity index (χ4v) is 3.41. The van der Waals surface area contributed by atoms with Crippen LogP contribution in [-0.4, -0.2) is 11.7 Å². The predicted octanol–water partition coefficient (Wildman–Crippen LogP) is 3.70. The molecule has 106 valence electrons. The van der Waals surface area contributed by atoms with E-state index >= 15 is 0 Å². The summed E-state index contributed by atoms with van der Waals surface area (Å²) in [5.41, 5.74) is 5.85. The Morgan fingerprint density at radius 1 is 1.32 bits per heavy atom. The van der Waals surface area contributed by atoms with Crippen LogP contribution in [0.2, 0.25) is 5.02 Å². The van der Waals surface area contributed by atoms with Crippen molar-refractivity contribution in [3.63, 3.8) is 0 Å². The smallest absolute Gasteiger partial charge is 0.0936 e. The minimum atomic E-state index is -0.896. The lowest BCUT2D eigenvalue weighted by Gasteiger charge is -2.49. The number of aliphatic hydroxyl groups is 1. The summed E-state index contributed by atoms with van der Waals surface area (Å²) in [5.74, 6) is 0.737. The summed E-state index contributed by atoms with van der Waals surface area (Å²) in [6, 6.07) is 7.50. The first-order chi connectivity index (χ1) is 8.91. The van der Waals surface area contributed by atoms with Gasteiger partial charge >= 0.3 is 0 Å². The van der Waals surface area contributed by atoms with E-state index in [1.165, 1.54) is 0 Å². The molecule has 0 saturated heterocycles. The fourth-order valence-electron chi connectivity index (χ4n) is 3.28. The molecule has 0 aliphatic heterocycles. The molecular formula is C16H24ClNO. The van der Waals surface area contributed by atoms with Crippen molar-refractivity contribution in [2.45, 2.75) is 45.1 Å². The number of nitrogens with two attached hydrogens (primary N) is 1. The average molecular weight is 282 g/mol. The van der Waals surface area contributed by atoms with Crippen molar-refractivity contribution in [3.05, 3.63) is 34.9 Å². The topological polar surface area (TPSA) is 46.2 Å². The zero-order chi connectivity index (χ0) is 14.1. The molecule has 1 aliphatic rings. The van der Waals surface area contributed by atoms with Gasteiger partial charge in [-0.25, -0.2) is 0 Å². The van der Waals surface area contributed by atoms with Crippen LogP contribution < -0.4 is 5.73 Å². The number of halogens is 1. The Balaban J connectivity index is 2.32. The highest BCUT2D eigenvalue weighted by molar-refractivity contribution is 6.30. The van der Waals surface area contributed by atoms with E-state index in [1.54, 1.807) is 0 Å². The maximum absolute atomic E-state index is 11.1. The molecule has 0 aromatic heterocycles. The van der Waals surface area contributed by atoms with Gasteiger partial charge in [0, 0.05) is 17.0 Å². The molecule has 2 nitrogen and oxygen atoms in total. The van der Waals surface area contributed by atoms with Crippen LogP contribution in [0.1, 0.15) is 45.1 Å². The molecule has 1 aromatic carbocycles. The summed E-state index contributed by atoms with van der Waals surface area (Å²) in [6.45, 7) is 4.70. The highest BCUT2D eigenvalue weighted by atomic mass is 35.5. The molecule has 1 unspecified atom stereocenters. The second kappa shape index (κ2) is 5.43. The van der Waals surface area contributed by atoms with E-state index in [4.69, 9.17) is 17.3 Å². The van der Waals surface area contributed by atoms with E-state index in [9.17, 15) is 5.11 Å². The Labute approximate surface area is 121 Å². The first kappa shape index (κ1) is 14.8. The summed E-state index contributed by atoms with van der Waals surface area (Å²) < 4.78 is 0. The monoisotopic (exact) mass is 281 g/mol. The van der Waals surface area contributed by atoms with Crippen molar-refractivity contribution in [1.29, 1.82) is 0 Å². The molecule has 1 aromatic rings. The second-order valence-corrected chi connectivity index (χ2v) is 6.68. The number of hydrogen-bond donors (Lipinski definition) is 2. The molecule has 3 N–H and O–H groups in total. The Morgan fingerprint density at radius 2 is 1.84 bits per heavy atom. The Kier molecular flexibility index (Phi) is 4.24. The van der Waals surface area contributed by atoms with Crippen LogP contribution in [0.15, 0.2) is 24.3 Å². The van der Waals surface area contributed by atoms with Gasteiger partial charge in [-0.1, -0.05) is 43.5 Å². The molecule has 0 spiro atoms. The van der Waals surface area contributed by atoms with E-state index in [0.29, 0.717) is 11.6 Å². The maximum Gasteiger partial charge on any atom is 0.0936 e. The van der Waals surface area contributed by atoms with Gasteiger partial charge in [-0.15, -0.1) is 0 Å². The summed E-state index contributed by atoms with van der Waals surface area (Å²) in [5, 5.41) is 11.8. The van der Waals surface area contributed by atoms with Gasteiger partial charge in [0.15, 0.2) is 0 Å². The van der Waals surface area contributed by atoms with Crippen molar-refractivity contribution in [1.82, 2.24) is 0 Å². The third-order valence-corrected chi connectivity index (χ3v) is 5.31. The maximum atomic E-state index is 11.1. The van der Waals surface area contributed by atoms with Crippen molar-refractivity contribution in [3.8, 4) is 0 Å². The van der Waals surface area contributed by atoms with Gasteiger partial charge in [0.25, 0.3) is 0 Å². The third-order valence-electron chi connectivity index (χ3n) is 5.06. The molecule has 0 radical (unpaired) electrons.